The Hall–Kier alpha value is -5.90. The topological polar surface area (TPSA) is 136 Å². The Morgan fingerprint density at radius 1 is 0.830 bits per heavy atom. The minimum Gasteiger partial charge on any atom is -0.508 e. The van der Waals surface area contributed by atoms with Crippen molar-refractivity contribution < 1.29 is 34.1 Å². The molecular formula is C43H41N3O7. The molecule has 10 nitrogen and oxygen atoms in total. The monoisotopic (exact) mass is 711 g/mol. The van der Waals surface area contributed by atoms with Gasteiger partial charge in [0.05, 0.1) is 35.5 Å². The van der Waals surface area contributed by atoms with E-state index in [9.17, 15) is 24.6 Å². The van der Waals surface area contributed by atoms with E-state index in [0.717, 1.165) is 21.7 Å². The smallest absolute Gasteiger partial charge is 0.260 e. The standard InChI is InChI=1S/C43H41N3O7/c1-3-53-35-11-7-10-32(38(35)48)37-30-20-21-31-36(41(51)45(39(31)49)23-22-26-14-18-29(47)19-15-26)33(30)24-34-40(50)46(44-28-16-12-25(2)13-17-28)42(52)43(34,37)27-8-5-4-6-9-27/h4-20,31,33-34,36-37,44,47-48H,3,21-24H2,1-2H3/t31-,33+,34-,36-,37+,43+/m0/s1. The number of phenols is 2. The van der Waals surface area contributed by atoms with E-state index >= 15 is 4.79 Å². The first-order chi connectivity index (χ1) is 25.6. The number of anilines is 1. The van der Waals surface area contributed by atoms with Crippen LogP contribution < -0.4 is 10.2 Å². The van der Waals surface area contributed by atoms with E-state index in [1.165, 1.54) is 4.90 Å². The van der Waals surface area contributed by atoms with Gasteiger partial charge in [0.25, 0.3) is 11.8 Å². The van der Waals surface area contributed by atoms with E-state index in [-0.39, 0.29) is 48.4 Å². The number of rotatable bonds is 9. The number of phenolic OH excluding ortho intramolecular Hbond substituents is 2. The molecule has 0 unspecified atom stereocenters. The van der Waals surface area contributed by atoms with Gasteiger partial charge < -0.3 is 14.9 Å². The van der Waals surface area contributed by atoms with Crippen molar-refractivity contribution >= 4 is 29.3 Å². The Labute approximate surface area is 307 Å². The van der Waals surface area contributed by atoms with E-state index in [4.69, 9.17) is 4.74 Å². The SMILES string of the molecule is CCOc1cccc([C@H]2C3=CC[C@@H]4C(=O)N(CCc5ccc(O)cc5)C(=O)[C@@H]4[C@@H]3C[C@H]3C(=O)N(Nc4ccc(C)cc4)C(=O)[C@@]23c2ccccc2)c1O. The van der Waals surface area contributed by atoms with Crippen molar-refractivity contribution in [2.75, 3.05) is 18.6 Å². The van der Waals surface area contributed by atoms with Gasteiger partial charge in [-0.05, 0) is 80.5 Å². The molecule has 270 valence electrons. The number of nitrogens with one attached hydrogen (secondary N) is 1. The molecule has 1 saturated carbocycles. The summed E-state index contributed by atoms with van der Waals surface area (Å²) in [6, 6.07) is 28.5. The van der Waals surface area contributed by atoms with Crippen LogP contribution in [0, 0.1) is 30.6 Å². The number of allylic oxidation sites excluding steroid dienone is 2. The fourth-order valence-electron chi connectivity index (χ4n) is 9.32. The number of ether oxygens (including phenoxy) is 1. The van der Waals surface area contributed by atoms with Crippen LogP contribution in [0.25, 0.3) is 0 Å². The summed E-state index contributed by atoms with van der Waals surface area (Å²) in [5.74, 6) is -4.90. The Kier molecular flexibility index (Phi) is 8.55. The van der Waals surface area contributed by atoms with Gasteiger partial charge in [-0.25, -0.2) is 0 Å². The largest absolute Gasteiger partial charge is 0.508 e. The maximum atomic E-state index is 15.3. The molecule has 0 aromatic heterocycles. The van der Waals surface area contributed by atoms with Crippen molar-refractivity contribution in [1.29, 1.82) is 0 Å². The number of fused-ring (bicyclic) bond motifs is 4. The predicted molar refractivity (Wildman–Crippen MR) is 197 cm³/mol. The van der Waals surface area contributed by atoms with Crippen LogP contribution in [0.2, 0.25) is 0 Å². The summed E-state index contributed by atoms with van der Waals surface area (Å²) in [4.78, 5) is 59.9. The number of amides is 4. The molecule has 2 aliphatic heterocycles. The average Bonchev–Trinajstić information content (AvgIpc) is 3.54. The summed E-state index contributed by atoms with van der Waals surface area (Å²) in [6.07, 6.45) is 2.84. The van der Waals surface area contributed by atoms with E-state index < -0.39 is 46.8 Å². The van der Waals surface area contributed by atoms with Gasteiger partial charge in [0.2, 0.25) is 11.8 Å². The van der Waals surface area contributed by atoms with Crippen LogP contribution in [0.1, 0.15) is 47.9 Å². The number of carbonyl (C=O) groups excluding carboxylic acids is 4. The fourth-order valence-corrected chi connectivity index (χ4v) is 9.32. The number of imide groups is 2. The highest BCUT2D eigenvalue weighted by molar-refractivity contribution is 6.13. The summed E-state index contributed by atoms with van der Waals surface area (Å²) in [7, 11) is 0. The lowest BCUT2D eigenvalue weighted by atomic mass is 9.49. The summed E-state index contributed by atoms with van der Waals surface area (Å²) in [5.41, 5.74) is 5.86. The number of hydrogen-bond acceptors (Lipinski definition) is 8. The van der Waals surface area contributed by atoms with Gasteiger partial charge in [-0.3, -0.25) is 29.5 Å². The lowest BCUT2D eigenvalue weighted by molar-refractivity contribution is -0.141. The van der Waals surface area contributed by atoms with Gasteiger partial charge in [0.1, 0.15) is 5.75 Å². The van der Waals surface area contributed by atoms with Gasteiger partial charge in [-0.15, -0.1) is 0 Å². The Balaban J connectivity index is 1.27. The second kappa shape index (κ2) is 13.3. The molecule has 3 N–H and O–H groups in total. The van der Waals surface area contributed by atoms with Crippen LogP contribution in [0.4, 0.5) is 5.69 Å². The second-order valence-corrected chi connectivity index (χ2v) is 14.5. The lowest BCUT2D eigenvalue weighted by Gasteiger charge is -2.50. The Bertz CT molecular complexity index is 2130. The van der Waals surface area contributed by atoms with Crippen molar-refractivity contribution in [2.24, 2.45) is 23.7 Å². The molecule has 4 aromatic carbocycles. The maximum Gasteiger partial charge on any atom is 0.260 e. The number of nitrogens with zero attached hydrogens (tertiary/aromatic N) is 2. The molecule has 8 rings (SSSR count). The van der Waals surface area contributed by atoms with Crippen LogP contribution >= 0.6 is 0 Å². The molecule has 6 atom stereocenters. The lowest BCUT2D eigenvalue weighted by Crippen LogP contribution is -2.53. The molecule has 4 aromatic rings. The zero-order valence-corrected chi connectivity index (χ0v) is 29.6. The number of para-hydroxylation sites is 1. The zero-order valence-electron chi connectivity index (χ0n) is 29.6. The number of hydrogen-bond donors (Lipinski definition) is 3. The van der Waals surface area contributed by atoms with E-state index in [1.54, 1.807) is 42.5 Å². The van der Waals surface area contributed by atoms with E-state index in [0.29, 0.717) is 29.8 Å². The Morgan fingerprint density at radius 2 is 1.57 bits per heavy atom. The third kappa shape index (κ3) is 5.38. The molecule has 53 heavy (non-hydrogen) atoms. The summed E-state index contributed by atoms with van der Waals surface area (Å²) >= 11 is 0. The van der Waals surface area contributed by atoms with Gasteiger partial charge >= 0.3 is 0 Å². The number of benzene rings is 4. The van der Waals surface area contributed by atoms with E-state index in [2.05, 4.69) is 5.43 Å². The van der Waals surface area contributed by atoms with Crippen molar-refractivity contribution in [1.82, 2.24) is 9.91 Å². The summed E-state index contributed by atoms with van der Waals surface area (Å²) in [6.45, 7) is 4.25. The summed E-state index contributed by atoms with van der Waals surface area (Å²) < 4.78 is 5.83. The minimum atomic E-state index is -1.50. The van der Waals surface area contributed by atoms with Crippen LogP contribution in [0.5, 0.6) is 17.2 Å². The molecule has 2 saturated heterocycles. The molecule has 4 amide bonds. The highest BCUT2D eigenvalue weighted by Crippen LogP contribution is 2.65. The number of likely N-dealkylation sites (tertiary alicyclic amines) is 1. The fraction of sp³-hybridized carbons (Fsp3) is 0.302. The number of hydrazine groups is 1. The van der Waals surface area contributed by atoms with Crippen LogP contribution in [-0.4, -0.2) is 56.9 Å². The van der Waals surface area contributed by atoms with Crippen LogP contribution in [0.15, 0.2) is 109 Å². The van der Waals surface area contributed by atoms with Crippen LogP contribution in [-0.2, 0) is 31.0 Å². The van der Waals surface area contributed by atoms with Crippen molar-refractivity contribution in [2.45, 2.75) is 44.4 Å². The Morgan fingerprint density at radius 3 is 2.28 bits per heavy atom. The first-order valence-electron chi connectivity index (χ1n) is 18.2. The quantitative estimate of drug-likeness (QED) is 0.142. The van der Waals surface area contributed by atoms with E-state index in [1.807, 2.05) is 74.5 Å². The van der Waals surface area contributed by atoms with Crippen molar-refractivity contribution in [3.05, 3.63) is 131 Å². The molecule has 0 bridgehead atoms. The van der Waals surface area contributed by atoms with Crippen molar-refractivity contribution in [3.8, 4) is 17.2 Å². The third-order valence-electron chi connectivity index (χ3n) is 11.7. The molecule has 2 aliphatic carbocycles. The minimum absolute atomic E-state index is 0.133. The predicted octanol–water partition coefficient (Wildman–Crippen LogP) is 6.03. The van der Waals surface area contributed by atoms with Crippen molar-refractivity contribution in [3.63, 3.8) is 0 Å². The molecule has 2 heterocycles. The molecule has 0 radical (unpaired) electrons. The first kappa shape index (κ1) is 34.2. The second-order valence-electron chi connectivity index (χ2n) is 14.5. The van der Waals surface area contributed by atoms with Gasteiger partial charge in [0, 0.05) is 18.0 Å². The van der Waals surface area contributed by atoms with Gasteiger partial charge in [-0.1, -0.05) is 83.9 Å². The molecule has 3 fully saturated rings. The molecular weight excluding hydrogens is 670 g/mol. The normalized spacial score (nSPS) is 26.2. The van der Waals surface area contributed by atoms with Gasteiger partial charge in [0.15, 0.2) is 11.5 Å². The summed E-state index contributed by atoms with van der Waals surface area (Å²) in [5, 5.41) is 22.8. The molecule has 0 spiro atoms. The average molecular weight is 712 g/mol. The van der Waals surface area contributed by atoms with Crippen LogP contribution in [0.3, 0.4) is 0 Å². The first-order valence-corrected chi connectivity index (χ1v) is 18.2. The zero-order chi connectivity index (χ0) is 37.0. The number of aromatic hydroxyl groups is 2. The van der Waals surface area contributed by atoms with Gasteiger partial charge in [-0.2, -0.15) is 5.01 Å². The number of carbonyl (C=O) groups is 4. The highest BCUT2D eigenvalue weighted by Gasteiger charge is 2.70. The molecule has 10 heteroatoms. The maximum absolute atomic E-state index is 15.3. The highest BCUT2D eigenvalue weighted by atomic mass is 16.5. The molecule has 4 aliphatic rings. The third-order valence-corrected chi connectivity index (χ3v) is 11.7. The number of aryl methyl sites for hydroxylation is 1.